The molecular formula is C7H8ClNO. The van der Waals surface area contributed by atoms with Crippen LogP contribution in [-0.4, -0.2) is 0 Å². The summed E-state index contributed by atoms with van der Waals surface area (Å²) in [5.41, 5.74) is 0.965. The molecule has 0 saturated heterocycles. The third-order valence-electron chi connectivity index (χ3n) is 1.09. The minimum atomic E-state index is 0. The SMILES string of the molecule is Cl.O=NCc1ccccc1. The summed E-state index contributed by atoms with van der Waals surface area (Å²) in [4.78, 5) is 9.72. The van der Waals surface area contributed by atoms with Gasteiger partial charge in [-0.05, 0) is 5.56 Å². The van der Waals surface area contributed by atoms with Crippen LogP contribution in [0.2, 0.25) is 0 Å². The Morgan fingerprint density at radius 3 is 2.30 bits per heavy atom. The van der Waals surface area contributed by atoms with Gasteiger partial charge >= 0.3 is 0 Å². The molecule has 0 radical (unpaired) electrons. The second kappa shape index (κ2) is 4.94. The van der Waals surface area contributed by atoms with Crippen molar-refractivity contribution in [3.8, 4) is 0 Å². The lowest BCUT2D eigenvalue weighted by Crippen LogP contribution is -1.75. The highest BCUT2D eigenvalue weighted by molar-refractivity contribution is 5.85. The first-order valence-electron chi connectivity index (χ1n) is 2.76. The molecule has 0 bridgehead atoms. The maximum Gasteiger partial charge on any atom is 0.106 e. The van der Waals surface area contributed by atoms with Crippen LogP contribution in [0.15, 0.2) is 35.5 Å². The summed E-state index contributed by atoms with van der Waals surface area (Å²) in [6.07, 6.45) is 0. The zero-order valence-electron chi connectivity index (χ0n) is 5.36. The fourth-order valence-corrected chi connectivity index (χ4v) is 0.658. The van der Waals surface area contributed by atoms with Crippen LogP contribution in [0.4, 0.5) is 0 Å². The van der Waals surface area contributed by atoms with Crippen molar-refractivity contribution in [3.63, 3.8) is 0 Å². The molecule has 0 N–H and O–H groups in total. The quantitative estimate of drug-likeness (QED) is 0.606. The van der Waals surface area contributed by atoms with Crippen LogP contribution in [0.1, 0.15) is 5.56 Å². The van der Waals surface area contributed by atoms with E-state index in [1.165, 1.54) is 0 Å². The molecule has 0 unspecified atom stereocenters. The average molecular weight is 158 g/mol. The van der Waals surface area contributed by atoms with E-state index in [0.29, 0.717) is 0 Å². The number of rotatable bonds is 2. The lowest BCUT2D eigenvalue weighted by molar-refractivity contribution is 1.06. The zero-order valence-corrected chi connectivity index (χ0v) is 6.17. The highest BCUT2D eigenvalue weighted by Crippen LogP contribution is 1.98. The minimum Gasteiger partial charge on any atom is -0.150 e. The highest BCUT2D eigenvalue weighted by atomic mass is 35.5. The van der Waals surface area contributed by atoms with Crippen molar-refractivity contribution in [1.29, 1.82) is 0 Å². The molecule has 0 fully saturated rings. The Morgan fingerprint density at radius 1 is 1.20 bits per heavy atom. The van der Waals surface area contributed by atoms with Crippen LogP contribution in [0.25, 0.3) is 0 Å². The van der Waals surface area contributed by atoms with E-state index in [1.807, 2.05) is 30.3 Å². The molecule has 0 aliphatic rings. The van der Waals surface area contributed by atoms with Crippen LogP contribution in [0, 0.1) is 4.91 Å². The van der Waals surface area contributed by atoms with Gasteiger partial charge in [0, 0.05) is 0 Å². The predicted octanol–water partition coefficient (Wildman–Crippen LogP) is 2.37. The van der Waals surface area contributed by atoms with Gasteiger partial charge in [0.05, 0.1) is 0 Å². The third-order valence-corrected chi connectivity index (χ3v) is 1.09. The molecule has 1 aromatic carbocycles. The second-order valence-corrected chi connectivity index (χ2v) is 1.77. The van der Waals surface area contributed by atoms with Crippen molar-refractivity contribution in [2.24, 2.45) is 5.18 Å². The molecule has 0 spiro atoms. The van der Waals surface area contributed by atoms with Gasteiger partial charge in [-0.2, -0.15) is 4.91 Å². The van der Waals surface area contributed by atoms with Crippen LogP contribution in [0.5, 0.6) is 0 Å². The Bertz CT molecular complexity index is 188. The molecule has 54 valence electrons. The summed E-state index contributed by atoms with van der Waals surface area (Å²) in [5.74, 6) is 0. The van der Waals surface area contributed by atoms with Gasteiger partial charge in [-0.1, -0.05) is 35.5 Å². The van der Waals surface area contributed by atoms with E-state index in [-0.39, 0.29) is 19.0 Å². The van der Waals surface area contributed by atoms with E-state index in [1.54, 1.807) is 0 Å². The molecule has 10 heavy (non-hydrogen) atoms. The molecule has 0 aliphatic heterocycles. The lowest BCUT2D eigenvalue weighted by atomic mass is 10.2. The van der Waals surface area contributed by atoms with Crippen LogP contribution in [0.3, 0.4) is 0 Å². The van der Waals surface area contributed by atoms with Gasteiger partial charge < -0.3 is 0 Å². The molecule has 0 atom stereocenters. The van der Waals surface area contributed by atoms with Crippen LogP contribution >= 0.6 is 12.4 Å². The first kappa shape index (κ1) is 9.11. The summed E-state index contributed by atoms with van der Waals surface area (Å²) in [6.45, 7) is 0.279. The van der Waals surface area contributed by atoms with Gasteiger partial charge in [-0.25, -0.2) is 0 Å². The van der Waals surface area contributed by atoms with Gasteiger partial charge in [-0.15, -0.1) is 12.4 Å². The Hall–Kier alpha value is -0.890. The average Bonchev–Trinajstić information content (AvgIpc) is 1.91. The van der Waals surface area contributed by atoms with Gasteiger partial charge in [0.2, 0.25) is 0 Å². The fraction of sp³-hybridized carbons (Fsp3) is 0.143. The molecule has 3 heteroatoms. The van der Waals surface area contributed by atoms with Crippen molar-refractivity contribution < 1.29 is 0 Å². The topological polar surface area (TPSA) is 29.4 Å². The largest absolute Gasteiger partial charge is 0.150 e. The molecule has 0 saturated carbocycles. The molecule has 2 nitrogen and oxygen atoms in total. The molecule has 0 aromatic heterocycles. The Kier molecular flexibility index (Phi) is 4.50. The van der Waals surface area contributed by atoms with E-state index in [0.717, 1.165) is 5.56 Å². The molecule has 1 aromatic rings. The summed E-state index contributed by atoms with van der Waals surface area (Å²) in [7, 11) is 0. The summed E-state index contributed by atoms with van der Waals surface area (Å²) in [5, 5.41) is 2.76. The van der Waals surface area contributed by atoms with Crippen molar-refractivity contribution in [2.45, 2.75) is 6.54 Å². The van der Waals surface area contributed by atoms with Crippen LogP contribution < -0.4 is 0 Å². The number of hydrogen-bond acceptors (Lipinski definition) is 2. The van der Waals surface area contributed by atoms with E-state index in [9.17, 15) is 4.91 Å². The highest BCUT2D eigenvalue weighted by Gasteiger charge is 1.85. The molecule has 0 heterocycles. The maximum absolute atomic E-state index is 9.72. The third kappa shape index (κ3) is 2.60. The Morgan fingerprint density at radius 2 is 1.80 bits per heavy atom. The van der Waals surface area contributed by atoms with Crippen molar-refractivity contribution >= 4 is 12.4 Å². The molecule has 1 rings (SSSR count). The predicted molar refractivity (Wildman–Crippen MR) is 43.2 cm³/mol. The summed E-state index contributed by atoms with van der Waals surface area (Å²) >= 11 is 0. The Balaban J connectivity index is 0.000000810. The van der Waals surface area contributed by atoms with Gasteiger partial charge in [0.25, 0.3) is 0 Å². The molecule has 0 amide bonds. The smallest absolute Gasteiger partial charge is 0.106 e. The fourth-order valence-electron chi connectivity index (χ4n) is 0.658. The van der Waals surface area contributed by atoms with Crippen molar-refractivity contribution in [2.75, 3.05) is 0 Å². The first-order valence-corrected chi connectivity index (χ1v) is 2.76. The number of hydrogen-bond donors (Lipinski definition) is 0. The second-order valence-electron chi connectivity index (χ2n) is 1.77. The van der Waals surface area contributed by atoms with E-state index in [4.69, 9.17) is 0 Å². The van der Waals surface area contributed by atoms with Gasteiger partial charge in [0.1, 0.15) is 6.54 Å². The lowest BCUT2D eigenvalue weighted by Gasteiger charge is -1.88. The van der Waals surface area contributed by atoms with Crippen LogP contribution in [-0.2, 0) is 6.54 Å². The number of nitrogens with zero attached hydrogens (tertiary/aromatic N) is 1. The number of halogens is 1. The zero-order chi connectivity index (χ0) is 6.53. The van der Waals surface area contributed by atoms with Gasteiger partial charge in [-0.3, -0.25) is 0 Å². The summed E-state index contributed by atoms with van der Waals surface area (Å²) < 4.78 is 0. The van der Waals surface area contributed by atoms with E-state index < -0.39 is 0 Å². The van der Waals surface area contributed by atoms with E-state index in [2.05, 4.69) is 5.18 Å². The maximum atomic E-state index is 9.72. The van der Waals surface area contributed by atoms with Crippen molar-refractivity contribution in [3.05, 3.63) is 40.8 Å². The van der Waals surface area contributed by atoms with Gasteiger partial charge in [0.15, 0.2) is 0 Å². The number of nitroso groups, excluding NO2 is 1. The first-order chi connectivity index (χ1) is 4.43. The Labute approximate surface area is 65.6 Å². The normalized spacial score (nSPS) is 8.00. The van der Waals surface area contributed by atoms with E-state index >= 15 is 0 Å². The molecular weight excluding hydrogens is 150 g/mol. The summed E-state index contributed by atoms with van der Waals surface area (Å²) in [6, 6.07) is 9.44. The standard InChI is InChI=1S/C7H7NO.ClH/c9-8-6-7-4-2-1-3-5-7;/h1-5H,6H2;1H. The number of benzene rings is 1. The minimum absolute atomic E-state index is 0. The monoisotopic (exact) mass is 157 g/mol. The molecule has 0 aliphatic carbocycles. The van der Waals surface area contributed by atoms with Crippen molar-refractivity contribution in [1.82, 2.24) is 0 Å².